The van der Waals surface area contributed by atoms with Crippen LogP contribution < -0.4 is 10.6 Å². The van der Waals surface area contributed by atoms with Gasteiger partial charge in [0.25, 0.3) is 5.91 Å². The molecule has 2 aliphatic heterocycles. The van der Waals surface area contributed by atoms with Gasteiger partial charge in [0.15, 0.2) is 10.2 Å². The summed E-state index contributed by atoms with van der Waals surface area (Å²) in [5.41, 5.74) is -0.676. The van der Waals surface area contributed by atoms with Crippen LogP contribution in [-0.4, -0.2) is 75.3 Å². The minimum absolute atomic E-state index is 0.0478. The van der Waals surface area contributed by atoms with Gasteiger partial charge in [-0.25, -0.2) is 0 Å². The molecular formula is C20H37N5OS2. The van der Waals surface area contributed by atoms with Gasteiger partial charge < -0.3 is 25.3 Å². The van der Waals surface area contributed by atoms with Crippen molar-refractivity contribution < 1.29 is 4.79 Å². The van der Waals surface area contributed by atoms with Crippen LogP contribution in [0.3, 0.4) is 0 Å². The van der Waals surface area contributed by atoms with E-state index < -0.39 is 5.54 Å². The van der Waals surface area contributed by atoms with Gasteiger partial charge in [0.1, 0.15) is 11.7 Å². The molecule has 2 aliphatic rings. The molecule has 0 aromatic carbocycles. The molecule has 2 fully saturated rings. The summed E-state index contributed by atoms with van der Waals surface area (Å²) < 4.78 is 0. The Labute approximate surface area is 181 Å². The maximum atomic E-state index is 12.4. The van der Waals surface area contributed by atoms with Gasteiger partial charge in [-0.2, -0.15) is 0 Å². The Balaban J connectivity index is 2.02. The Hall–Kier alpha value is -0.990. The third-order valence-electron chi connectivity index (χ3n) is 5.79. The number of nitrogens with one attached hydrogen (secondary N) is 2. The Morgan fingerprint density at radius 2 is 1.89 bits per heavy atom. The van der Waals surface area contributed by atoms with Gasteiger partial charge in [0.05, 0.1) is 0 Å². The summed E-state index contributed by atoms with van der Waals surface area (Å²) in [6.07, 6.45) is 7.61. The Morgan fingerprint density at radius 3 is 2.50 bits per heavy atom. The molecule has 8 heteroatoms. The molecule has 1 unspecified atom stereocenters. The van der Waals surface area contributed by atoms with E-state index >= 15 is 0 Å². The lowest BCUT2D eigenvalue weighted by atomic mass is 10.0. The van der Waals surface area contributed by atoms with E-state index in [9.17, 15) is 4.79 Å². The lowest BCUT2D eigenvalue weighted by Gasteiger charge is -2.48. The summed E-state index contributed by atoms with van der Waals surface area (Å²) in [5, 5.41) is 7.63. The van der Waals surface area contributed by atoms with Gasteiger partial charge in [-0.15, -0.1) is 0 Å². The van der Waals surface area contributed by atoms with Crippen molar-refractivity contribution in [2.75, 3.05) is 32.7 Å². The summed E-state index contributed by atoms with van der Waals surface area (Å²) in [5.74, 6) is -0.0478. The predicted octanol–water partition coefficient (Wildman–Crippen LogP) is 2.68. The van der Waals surface area contributed by atoms with Gasteiger partial charge in [-0.1, -0.05) is 39.0 Å². The molecule has 160 valence electrons. The fourth-order valence-corrected chi connectivity index (χ4v) is 4.85. The number of hydrogen-bond donors (Lipinski definition) is 2. The molecule has 2 heterocycles. The number of thiocarbonyl (C=S) groups is 2. The van der Waals surface area contributed by atoms with Gasteiger partial charge in [0, 0.05) is 32.7 Å². The van der Waals surface area contributed by atoms with Crippen molar-refractivity contribution >= 4 is 40.6 Å². The fourth-order valence-electron chi connectivity index (χ4n) is 3.98. The highest BCUT2D eigenvalue weighted by Crippen LogP contribution is 2.27. The largest absolute Gasteiger partial charge is 0.349 e. The van der Waals surface area contributed by atoms with Gasteiger partial charge in [-0.3, -0.25) is 4.79 Å². The molecule has 0 saturated carbocycles. The third kappa shape index (κ3) is 5.33. The lowest BCUT2D eigenvalue weighted by molar-refractivity contribution is -0.126. The average molecular weight is 428 g/mol. The van der Waals surface area contributed by atoms with E-state index in [-0.39, 0.29) is 12.1 Å². The zero-order valence-electron chi connectivity index (χ0n) is 17.9. The summed E-state index contributed by atoms with van der Waals surface area (Å²) in [6.45, 7) is 12.6. The molecule has 0 radical (unpaired) electrons. The summed E-state index contributed by atoms with van der Waals surface area (Å²) in [4.78, 5) is 18.9. The average Bonchev–Trinajstić information content (AvgIpc) is 2.87. The maximum Gasteiger partial charge on any atom is 0.251 e. The van der Waals surface area contributed by atoms with Gasteiger partial charge >= 0.3 is 0 Å². The van der Waals surface area contributed by atoms with Crippen LogP contribution in [0.25, 0.3) is 0 Å². The molecular weight excluding hydrogens is 390 g/mol. The molecule has 1 atom stereocenters. The topological polar surface area (TPSA) is 50.9 Å². The van der Waals surface area contributed by atoms with Crippen LogP contribution in [0.2, 0.25) is 0 Å². The Bertz CT molecular complexity index is 569. The molecule has 6 nitrogen and oxygen atoms in total. The zero-order chi connectivity index (χ0) is 20.7. The highest BCUT2D eigenvalue weighted by Gasteiger charge is 2.49. The molecule has 0 aromatic heterocycles. The second-order valence-corrected chi connectivity index (χ2v) is 8.95. The SMILES string of the molecule is CCCCCCCCN(CC)C(=S)N1CCNCC1N1C(=S)NC(=O)C1(C)C. The second-order valence-electron chi connectivity index (χ2n) is 8.20. The van der Waals surface area contributed by atoms with Crippen molar-refractivity contribution in [1.82, 2.24) is 25.3 Å². The van der Waals surface area contributed by atoms with Crippen LogP contribution in [0.5, 0.6) is 0 Å². The molecule has 28 heavy (non-hydrogen) atoms. The highest BCUT2D eigenvalue weighted by molar-refractivity contribution is 7.80. The van der Waals surface area contributed by atoms with Crippen LogP contribution in [-0.2, 0) is 4.79 Å². The number of nitrogens with zero attached hydrogens (tertiary/aromatic N) is 3. The van der Waals surface area contributed by atoms with Gasteiger partial charge in [0.2, 0.25) is 0 Å². The van der Waals surface area contributed by atoms with E-state index in [1.165, 1.54) is 38.5 Å². The van der Waals surface area contributed by atoms with Crippen LogP contribution >= 0.6 is 24.4 Å². The lowest BCUT2D eigenvalue weighted by Crippen LogP contribution is -2.66. The molecule has 0 aliphatic carbocycles. The van der Waals surface area contributed by atoms with Crippen LogP contribution in [0.15, 0.2) is 0 Å². The van der Waals surface area contributed by atoms with Crippen molar-refractivity contribution in [1.29, 1.82) is 0 Å². The standard InChI is InChI=1S/C20H37N5OS2/c1-5-7-8-9-10-11-13-23(6-2)19(28)24-14-12-21-15-16(24)25-18(27)22-17(26)20(25,3)4/h16,21H,5-15H2,1-4H3,(H,22,26,27). The number of amides is 1. The second kappa shape index (κ2) is 10.7. The molecule has 0 bridgehead atoms. The highest BCUT2D eigenvalue weighted by atomic mass is 32.1. The minimum Gasteiger partial charge on any atom is -0.349 e. The molecule has 2 N–H and O–H groups in total. The van der Waals surface area contributed by atoms with Crippen LogP contribution in [0, 0.1) is 0 Å². The number of carbonyl (C=O) groups is 1. The first-order valence-electron chi connectivity index (χ1n) is 10.8. The monoisotopic (exact) mass is 427 g/mol. The normalized spacial score (nSPS) is 21.8. The van der Waals surface area contributed by atoms with Crippen LogP contribution in [0.1, 0.15) is 66.2 Å². The van der Waals surface area contributed by atoms with Crippen molar-refractivity contribution in [3.63, 3.8) is 0 Å². The maximum absolute atomic E-state index is 12.4. The smallest absolute Gasteiger partial charge is 0.251 e. The molecule has 1 amide bonds. The number of hydrogen-bond acceptors (Lipinski definition) is 4. The van der Waals surface area contributed by atoms with Crippen molar-refractivity contribution in [3.05, 3.63) is 0 Å². The van der Waals surface area contributed by atoms with E-state index in [0.717, 1.165) is 37.8 Å². The van der Waals surface area contributed by atoms with Crippen molar-refractivity contribution in [3.8, 4) is 0 Å². The van der Waals surface area contributed by atoms with E-state index in [1.54, 1.807) is 0 Å². The van der Waals surface area contributed by atoms with Crippen LogP contribution in [0.4, 0.5) is 0 Å². The number of unbranched alkanes of at least 4 members (excludes halogenated alkanes) is 5. The molecule has 0 aromatic rings. The first kappa shape index (κ1) is 23.3. The number of piperazine rings is 1. The fraction of sp³-hybridized carbons (Fsp3) is 0.850. The first-order chi connectivity index (χ1) is 13.3. The Morgan fingerprint density at radius 1 is 1.21 bits per heavy atom. The first-order valence-corrected chi connectivity index (χ1v) is 11.6. The minimum atomic E-state index is -0.676. The van der Waals surface area contributed by atoms with Gasteiger partial charge in [-0.05, 0) is 51.6 Å². The number of carbonyl (C=O) groups excluding carboxylic acids is 1. The summed E-state index contributed by atoms with van der Waals surface area (Å²) in [6, 6.07) is 0. The third-order valence-corrected chi connectivity index (χ3v) is 6.58. The quantitative estimate of drug-likeness (QED) is 0.433. The van der Waals surface area contributed by atoms with E-state index in [2.05, 4.69) is 34.3 Å². The van der Waals surface area contributed by atoms with E-state index in [1.807, 2.05) is 18.7 Å². The zero-order valence-corrected chi connectivity index (χ0v) is 19.6. The summed E-state index contributed by atoms with van der Waals surface area (Å²) >= 11 is 11.4. The summed E-state index contributed by atoms with van der Waals surface area (Å²) in [7, 11) is 0. The molecule has 2 rings (SSSR count). The van der Waals surface area contributed by atoms with Crippen molar-refractivity contribution in [2.24, 2.45) is 0 Å². The Kier molecular flexibility index (Phi) is 8.89. The van der Waals surface area contributed by atoms with E-state index in [4.69, 9.17) is 24.4 Å². The number of rotatable bonds is 9. The van der Waals surface area contributed by atoms with E-state index in [0.29, 0.717) is 5.11 Å². The molecule has 0 spiro atoms. The van der Waals surface area contributed by atoms with Crippen molar-refractivity contribution in [2.45, 2.75) is 77.9 Å². The molecule has 2 saturated heterocycles. The predicted molar refractivity (Wildman–Crippen MR) is 123 cm³/mol.